The zero-order valence-corrected chi connectivity index (χ0v) is 9.02. The minimum Gasteiger partial charge on any atom is -0.423 e. The van der Waals surface area contributed by atoms with Crippen molar-refractivity contribution in [2.45, 2.75) is 0 Å². The zero-order valence-electron chi connectivity index (χ0n) is 8.26. The molecule has 0 atom stereocenters. The molecule has 0 N–H and O–H groups in total. The van der Waals surface area contributed by atoms with Crippen LogP contribution in [0.3, 0.4) is 0 Å². The summed E-state index contributed by atoms with van der Waals surface area (Å²) in [5.41, 5.74) is 0.405. The van der Waals surface area contributed by atoms with E-state index < -0.39 is 5.97 Å². The molecule has 0 saturated heterocycles. The van der Waals surface area contributed by atoms with Gasteiger partial charge in [-0.25, -0.2) is 4.79 Å². The number of aromatic nitrogens is 1. The molecule has 0 aliphatic carbocycles. The zero-order chi connectivity index (χ0) is 11.4. The second-order valence-electron chi connectivity index (χ2n) is 3.09. The number of nitrogens with zero attached hydrogens (tertiary/aromatic N) is 1. The highest BCUT2D eigenvalue weighted by molar-refractivity contribution is 6.30. The van der Waals surface area contributed by atoms with E-state index in [0.717, 1.165) is 0 Å². The topological polar surface area (TPSA) is 39.2 Å². The lowest BCUT2D eigenvalue weighted by Crippen LogP contribution is -2.08. The van der Waals surface area contributed by atoms with Crippen LogP contribution >= 0.6 is 11.6 Å². The van der Waals surface area contributed by atoms with Crippen LogP contribution in [0.2, 0.25) is 5.02 Å². The van der Waals surface area contributed by atoms with Crippen LogP contribution in [0, 0.1) is 0 Å². The fraction of sp³-hybridized carbons (Fsp3) is 0. The monoisotopic (exact) mass is 233 g/mol. The van der Waals surface area contributed by atoms with Gasteiger partial charge in [0.2, 0.25) is 0 Å². The average molecular weight is 234 g/mol. The maximum atomic E-state index is 11.6. The number of esters is 1. The number of carbonyl (C=O) groups is 1. The van der Waals surface area contributed by atoms with Gasteiger partial charge in [0.05, 0.1) is 5.56 Å². The van der Waals surface area contributed by atoms with Crippen molar-refractivity contribution in [2.24, 2.45) is 0 Å². The number of carbonyl (C=O) groups excluding carboxylic acids is 1. The van der Waals surface area contributed by atoms with Gasteiger partial charge in [-0.3, -0.25) is 4.98 Å². The average Bonchev–Trinajstić information content (AvgIpc) is 2.30. The van der Waals surface area contributed by atoms with Gasteiger partial charge in [0.25, 0.3) is 0 Å². The molecule has 0 amide bonds. The molecule has 0 bridgehead atoms. The predicted molar refractivity (Wildman–Crippen MR) is 60.6 cm³/mol. The Bertz CT molecular complexity index is 499. The molecule has 16 heavy (non-hydrogen) atoms. The van der Waals surface area contributed by atoms with Gasteiger partial charge in [0.1, 0.15) is 5.75 Å². The third-order valence-electron chi connectivity index (χ3n) is 1.90. The van der Waals surface area contributed by atoms with Crippen LogP contribution < -0.4 is 4.74 Å². The van der Waals surface area contributed by atoms with Crippen molar-refractivity contribution in [3.05, 3.63) is 59.4 Å². The SMILES string of the molecule is O=C(Oc1cccc(Cl)c1)c1cccnc1. The molecule has 0 unspecified atom stereocenters. The Labute approximate surface area is 97.7 Å². The highest BCUT2D eigenvalue weighted by Gasteiger charge is 2.07. The summed E-state index contributed by atoms with van der Waals surface area (Å²) in [6.07, 6.45) is 3.04. The van der Waals surface area contributed by atoms with E-state index in [0.29, 0.717) is 16.3 Å². The summed E-state index contributed by atoms with van der Waals surface area (Å²) in [6, 6.07) is 9.99. The van der Waals surface area contributed by atoms with Gasteiger partial charge in [-0.15, -0.1) is 0 Å². The number of pyridine rings is 1. The van der Waals surface area contributed by atoms with Crippen LogP contribution in [0.15, 0.2) is 48.8 Å². The summed E-state index contributed by atoms with van der Waals surface area (Å²) in [4.78, 5) is 15.5. The molecule has 2 rings (SSSR count). The molecule has 1 aromatic carbocycles. The van der Waals surface area contributed by atoms with Gasteiger partial charge in [-0.05, 0) is 30.3 Å². The Morgan fingerprint density at radius 2 is 2.12 bits per heavy atom. The molecule has 0 radical (unpaired) electrons. The fourth-order valence-corrected chi connectivity index (χ4v) is 1.36. The summed E-state index contributed by atoms with van der Waals surface area (Å²) >= 11 is 5.77. The number of rotatable bonds is 2. The van der Waals surface area contributed by atoms with Gasteiger partial charge in [-0.2, -0.15) is 0 Å². The number of hydrogen-bond donors (Lipinski definition) is 0. The van der Waals surface area contributed by atoms with Crippen molar-refractivity contribution in [1.29, 1.82) is 0 Å². The number of halogens is 1. The molecule has 0 spiro atoms. The summed E-state index contributed by atoms with van der Waals surface area (Å²) in [5, 5.41) is 0.525. The number of ether oxygens (including phenoxy) is 1. The van der Waals surface area contributed by atoms with E-state index in [2.05, 4.69) is 4.98 Å². The molecule has 3 nitrogen and oxygen atoms in total. The van der Waals surface area contributed by atoms with Crippen molar-refractivity contribution in [2.75, 3.05) is 0 Å². The molecule has 80 valence electrons. The summed E-state index contributed by atoms with van der Waals surface area (Å²) in [7, 11) is 0. The highest BCUT2D eigenvalue weighted by Crippen LogP contribution is 2.18. The first kappa shape index (κ1) is 10.6. The predicted octanol–water partition coefficient (Wildman–Crippen LogP) is 2.95. The number of hydrogen-bond acceptors (Lipinski definition) is 3. The third kappa shape index (κ3) is 2.58. The minimum atomic E-state index is -0.449. The first-order valence-electron chi connectivity index (χ1n) is 4.63. The van der Waals surface area contributed by atoms with Crippen molar-refractivity contribution in [3.63, 3.8) is 0 Å². The Kier molecular flexibility index (Phi) is 3.17. The fourth-order valence-electron chi connectivity index (χ4n) is 1.18. The lowest BCUT2D eigenvalue weighted by Gasteiger charge is -2.03. The van der Waals surface area contributed by atoms with Crippen LogP contribution in [-0.4, -0.2) is 11.0 Å². The van der Waals surface area contributed by atoms with Gasteiger partial charge >= 0.3 is 5.97 Å². The maximum absolute atomic E-state index is 11.6. The normalized spacial score (nSPS) is 9.81. The van der Waals surface area contributed by atoms with Crippen molar-refractivity contribution >= 4 is 17.6 Å². The lowest BCUT2D eigenvalue weighted by molar-refractivity contribution is 0.0734. The molecule has 1 heterocycles. The Morgan fingerprint density at radius 3 is 2.81 bits per heavy atom. The lowest BCUT2D eigenvalue weighted by atomic mass is 10.3. The molecule has 0 fully saturated rings. The Balaban J connectivity index is 2.14. The minimum absolute atomic E-state index is 0.405. The summed E-state index contributed by atoms with van der Waals surface area (Å²) in [6.45, 7) is 0. The standard InChI is InChI=1S/C12H8ClNO2/c13-10-4-1-5-11(7-10)16-12(15)9-3-2-6-14-8-9/h1-8H. The summed E-state index contributed by atoms with van der Waals surface area (Å²) in [5.74, 6) is -0.0308. The molecule has 1 aromatic heterocycles. The summed E-state index contributed by atoms with van der Waals surface area (Å²) < 4.78 is 5.12. The maximum Gasteiger partial charge on any atom is 0.345 e. The van der Waals surface area contributed by atoms with E-state index in [4.69, 9.17) is 16.3 Å². The number of benzene rings is 1. The second kappa shape index (κ2) is 4.77. The van der Waals surface area contributed by atoms with Crippen LogP contribution in [0.1, 0.15) is 10.4 Å². The van der Waals surface area contributed by atoms with E-state index in [9.17, 15) is 4.79 Å². The van der Waals surface area contributed by atoms with Crippen molar-refractivity contribution in [3.8, 4) is 5.75 Å². The van der Waals surface area contributed by atoms with Gasteiger partial charge in [0.15, 0.2) is 0 Å². The van der Waals surface area contributed by atoms with Crippen molar-refractivity contribution in [1.82, 2.24) is 4.98 Å². The van der Waals surface area contributed by atoms with E-state index >= 15 is 0 Å². The van der Waals surface area contributed by atoms with Crippen LogP contribution in [-0.2, 0) is 0 Å². The Hall–Kier alpha value is -1.87. The second-order valence-corrected chi connectivity index (χ2v) is 3.53. The molecular weight excluding hydrogens is 226 g/mol. The van der Waals surface area contributed by atoms with Gasteiger partial charge < -0.3 is 4.74 Å². The first-order chi connectivity index (χ1) is 7.75. The van der Waals surface area contributed by atoms with Gasteiger partial charge in [-0.1, -0.05) is 17.7 Å². The molecule has 4 heteroatoms. The molecule has 0 aliphatic heterocycles. The van der Waals surface area contributed by atoms with E-state index in [1.54, 1.807) is 42.6 Å². The highest BCUT2D eigenvalue weighted by atomic mass is 35.5. The molecule has 2 aromatic rings. The molecule has 0 aliphatic rings. The molecular formula is C12H8ClNO2. The smallest absolute Gasteiger partial charge is 0.345 e. The van der Waals surface area contributed by atoms with Crippen LogP contribution in [0.5, 0.6) is 5.75 Å². The van der Waals surface area contributed by atoms with E-state index in [-0.39, 0.29) is 0 Å². The van der Waals surface area contributed by atoms with E-state index in [1.807, 2.05) is 0 Å². The Morgan fingerprint density at radius 1 is 1.25 bits per heavy atom. The van der Waals surface area contributed by atoms with Crippen LogP contribution in [0.25, 0.3) is 0 Å². The quantitative estimate of drug-likeness (QED) is 0.591. The van der Waals surface area contributed by atoms with E-state index in [1.165, 1.54) is 6.20 Å². The van der Waals surface area contributed by atoms with Gasteiger partial charge in [0, 0.05) is 17.4 Å². The third-order valence-corrected chi connectivity index (χ3v) is 2.14. The van der Waals surface area contributed by atoms with Crippen LogP contribution in [0.4, 0.5) is 0 Å². The largest absolute Gasteiger partial charge is 0.423 e. The molecule has 0 saturated carbocycles. The first-order valence-corrected chi connectivity index (χ1v) is 5.01. The van der Waals surface area contributed by atoms with Crippen molar-refractivity contribution < 1.29 is 9.53 Å².